The van der Waals surface area contributed by atoms with E-state index >= 15 is 0 Å². The average molecular weight is 292 g/mol. The van der Waals surface area contributed by atoms with Gasteiger partial charge in [-0.3, -0.25) is 10.1 Å². The number of nitrogens with zero attached hydrogens (tertiary/aromatic N) is 1. The second kappa shape index (κ2) is 6.16. The predicted octanol–water partition coefficient (Wildman–Crippen LogP) is 1.56. The number of benzene rings is 1. The maximum Gasteiger partial charge on any atom is 0.240 e. The van der Waals surface area contributed by atoms with E-state index in [4.69, 9.17) is 4.74 Å². The van der Waals surface area contributed by atoms with Gasteiger partial charge in [0.15, 0.2) is 0 Å². The van der Waals surface area contributed by atoms with Gasteiger partial charge in [-0.2, -0.15) is 0 Å². The molecule has 1 amide bonds. The van der Waals surface area contributed by atoms with E-state index in [-0.39, 0.29) is 18.1 Å². The molecule has 1 aromatic rings. The first-order chi connectivity index (χ1) is 9.75. The summed E-state index contributed by atoms with van der Waals surface area (Å²) in [6.45, 7) is 4.07. The number of carbonyl (C=O) groups is 1. The zero-order valence-corrected chi connectivity index (χ0v) is 12.5. The molecule has 1 N–H and O–H groups in total. The van der Waals surface area contributed by atoms with Crippen molar-refractivity contribution in [2.45, 2.75) is 19.1 Å². The topological polar surface area (TPSA) is 41.6 Å². The number of amides is 1. The van der Waals surface area contributed by atoms with Crippen LogP contribution in [0, 0.1) is 6.92 Å². The Bertz CT molecular complexity index is 489. The monoisotopic (exact) mass is 292 g/mol. The third kappa shape index (κ3) is 2.85. The lowest BCUT2D eigenvalue weighted by atomic mass is 10.0. The summed E-state index contributed by atoms with van der Waals surface area (Å²) in [5, 5.41) is 3.25. The molecule has 0 radical (unpaired) electrons. The fraction of sp³-hybridized carbons (Fsp3) is 0.533. The number of nitrogens with one attached hydrogen (secondary N) is 1. The lowest BCUT2D eigenvalue weighted by molar-refractivity contribution is -0.140. The maximum absolute atomic E-state index is 12.5. The van der Waals surface area contributed by atoms with Crippen LogP contribution < -0.4 is 5.32 Å². The molecule has 0 saturated carbocycles. The number of aryl methyl sites for hydroxylation is 1. The Labute approximate surface area is 123 Å². The molecule has 3 rings (SSSR count). The van der Waals surface area contributed by atoms with Gasteiger partial charge in [-0.05, 0) is 18.1 Å². The maximum atomic E-state index is 12.5. The third-order valence-electron chi connectivity index (χ3n) is 3.93. The Morgan fingerprint density at radius 1 is 1.45 bits per heavy atom. The van der Waals surface area contributed by atoms with Gasteiger partial charge in [0.1, 0.15) is 6.10 Å². The molecule has 20 heavy (non-hydrogen) atoms. The molecule has 1 aromatic carbocycles. The smallest absolute Gasteiger partial charge is 0.240 e. The summed E-state index contributed by atoms with van der Waals surface area (Å²) in [7, 11) is 0. The van der Waals surface area contributed by atoms with Crippen molar-refractivity contribution in [3.63, 3.8) is 0 Å². The first-order valence-electron chi connectivity index (χ1n) is 7.03. The summed E-state index contributed by atoms with van der Waals surface area (Å²) in [5.74, 6) is 1.98. The highest BCUT2D eigenvalue weighted by Gasteiger charge is 2.31. The molecular weight excluding hydrogens is 272 g/mol. The van der Waals surface area contributed by atoms with Crippen LogP contribution in [0.2, 0.25) is 0 Å². The largest absolute Gasteiger partial charge is 0.370 e. The van der Waals surface area contributed by atoms with Crippen LogP contribution in [0.1, 0.15) is 17.2 Å². The van der Waals surface area contributed by atoms with Crippen molar-refractivity contribution < 1.29 is 9.53 Å². The van der Waals surface area contributed by atoms with Gasteiger partial charge in [-0.1, -0.05) is 24.3 Å². The summed E-state index contributed by atoms with van der Waals surface area (Å²) in [6, 6.07) is 8.23. The van der Waals surface area contributed by atoms with Crippen molar-refractivity contribution in [2.24, 2.45) is 0 Å². The molecule has 0 aliphatic carbocycles. The van der Waals surface area contributed by atoms with E-state index in [1.54, 1.807) is 11.8 Å². The number of morpholine rings is 1. The van der Waals surface area contributed by atoms with Crippen LogP contribution in [0.15, 0.2) is 24.3 Å². The van der Waals surface area contributed by atoms with Gasteiger partial charge in [-0.15, -0.1) is 11.8 Å². The Hall–Kier alpha value is -1.04. The van der Waals surface area contributed by atoms with Gasteiger partial charge in [0, 0.05) is 18.2 Å². The molecule has 5 heteroatoms. The standard InChI is InChI=1S/C15H20N2O2S/c1-11-4-2-3-5-12(11)14-8-17(6-7-19-14)15(18)13-9-20-10-16-13/h2-5,13-14,16H,6-10H2,1H3/t13-,14+/m1/s1. The zero-order chi connectivity index (χ0) is 13.9. The van der Waals surface area contributed by atoms with Gasteiger partial charge < -0.3 is 9.64 Å². The summed E-state index contributed by atoms with van der Waals surface area (Å²) >= 11 is 1.78. The van der Waals surface area contributed by atoms with E-state index in [0.717, 1.165) is 11.6 Å². The Morgan fingerprint density at radius 2 is 2.30 bits per heavy atom. The summed E-state index contributed by atoms with van der Waals surface area (Å²) in [5.41, 5.74) is 2.42. The quantitative estimate of drug-likeness (QED) is 0.898. The second-order valence-corrected chi connectivity index (χ2v) is 6.30. The zero-order valence-electron chi connectivity index (χ0n) is 11.7. The van der Waals surface area contributed by atoms with Crippen LogP contribution in [-0.4, -0.2) is 48.2 Å². The minimum atomic E-state index is -0.0179. The van der Waals surface area contributed by atoms with Crippen LogP contribution in [0.3, 0.4) is 0 Å². The van der Waals surface area contributed by atoms with Gasteiger partial charge in [0.25, 0.3) is 0 Å². The van der Waals surface area contributed by atoms with Crippen molar-refractivity contribution in [3.05, 3.63) is 35.4 Å². The van der Waals surface area contributed by atoms with Crippen LogP contribution in [0.5, 0.6) is 0 Å². The van der Waals surface area contributed by atoms with E-state index in [0.29, 0.717) is 19.7 Å². The summed E-state index contributed by atoms with van der Waals surface area (Å²) < 4.78 is 5.87. The minimum absolute atomic E-state index is 0.00274. The molecule has 0 aromatic heterocycles. The van der Waals surface area contributed by atoms with E-state index in [1.807, 2.05) is 17.0 Å². The highest BCUT2D eigenvalue weighted by Crippen LogP contribution is 2.25. The Balaban J connectivity index is 1.70. The first-order valence-corrected chi connectivity index (χ1v) is 8.18. The fourth-order valence-electron chi connectivity index (χ4n) is 2.76. The Kier molecular flexibility index (Phi) is 4.29. The number of ether oxygens (including phenoxy) is 1. The van der Waals surface area contributed by atoms with Crippen molar-refractivity contribution in [3.8, 4) is 0 Å². The molecule has 4 nitrogen and oxygen atoms in total. The summed E-state index contributed by atoms with van der Waals surface area (Å²) in [4.78, 5) is 14.4. The van der Waals surface area contributed by atoms with E-state index in [1.165, 1.54) is 11.1 Å². The van der Waals surface area contributed by atoms with Crippen LogP contribution in [0.25, 0.3) is 0 Å². The molecule has 0 spiro atoms. The van der Waals surface area contributed by atoms with Gasteiger partial charge >= 0.3 is 0 Å². The normalized spacial score (nSPS) is 26.8. The number of carbonyl (C=O) groups excluding carboxylic acids is 1. The van der Waals surface area contributed by atoms with Gasteiger partial charge in [0.2, 0.25) is 5.91 Å². The lowest BCUT2D eigenvalue weighted by Crippen LogP contribution is -2.50. The van der Waals surface area contributed by atoms with E-state index < -0.39 is 0 Å². The predicted molar refractivity (Wildman–Crippen MR) is 80.7 cm³/mol. The molecule has 0 unspecified atom stereocenters. The molecule has 2 aliphatic rings. The number of rotatable bonds is 2. The minimum Gasteiger partial charge on any atom is -0.370 e. The number of thioether (sulfide) groups is 1. The second-order valence-electron chi connectivity index (χ2n) is 5.27. The lowest BCUT2D eigenvalue weighted by Gasteiger charge is -2.35. The fourth-order valence-corrected chi connectivity index (χ4v) is 3.69. The average Bonchev–Trinajstić information content (AvgIpc) is 3.01. The molecule has 2 fully saturated rings. The van der Waals surface area contributed by atoms with E-state index in [9.17, 15) is 4.79 Å². The molecule has 0 bridgehead atoms. The number of hydrogen-bond acceptors (Lipinski definition) is 4. The Morgan fingerprint density at radius 3 is 3.05 bits per heavy atom. The highest BCUT2D eigenvalue weighted by molar-refractivity contribution is 7.99. The van der Waals surface area contributed by atoms with Gasteiger partial charge in [0.05, 0.1) is 19.2 Å². The molecule has 2 saturated heterocycles. The first kappa shape index (κ1) is 13.9. The van der Waals surface area contributed by atoms with Gasteiger partial charge in [-0.25, -0.2) is 0 Å². The molecule has 2 heterocycles. The highest BCUT2D eigenvalue weighted by atomic mass is 32.2. The molecule has 2 atom stereocenters. The molecule has 2 aliphatic heterocycles. The number of hydrogen-bond donors (Lipinski definition) is 1. The molecular formula is C15H20N2O2S. The third-order valence-corrected chi connectivity index (χ3v) is 4.87. The summed E-state index contributed by atoms with van der Waals surface area (Å²) in [6.07, 6.45) is 0.00274. The van der Waals surface area contributed by atoms with Crippen molar-refractivity contribution in [1.29, 1.82) is 0 Å². The molecule has 108 valence electrons. The van der Waals surface area contributed by atoms with Crippen molar-refractivity contribution in [2.75, 3.05) is 31.3 Å². The van der Waals surface area contributed by atoms with E-state index in [2.05, 4.69) is 24.4 Å². The SMILES string of the molecule is Cc1ccccc1[C@@H]1CN(C(=O)[C@H]2CSCN2)CCO1. The van der Waals surface area contributed by atoms with Crippen LogP contribution in [-0.2, 0) is 9.53 Å². The van der Waals surface area contributed by atoms with Crippen LogP contribution >= 0.6 is 11.8 Å². The van der Waals surface area contributed by atoms with Crippen molar-refractivity contribution >= 4 is 17.7 Å². The van der Waals surface area contributed by atoms with Crippen LogP contribution in [0.4, 0.5) is 0 Å². The van der Waals surface area contributed by atoms with Crippen molar-refractivity contribution in [1.82, 2.24) is 10.2 Å².